The largest absolute Gasteiger partial charge is 0.493 e. The first-order chi connectivity index (χ1) is 21.2. The molecule has 1 fully saturated rings. The second-order valence-corrected chi connectivity index (χ2v) is 12.8. The normalized spacial score (nSPS) is 14.0. The number of aryl methyl sites for hydroxylation is 1. The molecule has 0 atom stereocenters. The van der Waals surface area contributed by atoms with E-state index in [2.05, 4.69) is 23.6 Å². The van der Waals surface area contributed by atoms with Gasteiger partial charge in [-0.25, -0.2) is 17.9 Å². The second kappa shape index (κ2) is 13.3. The third kappa shape index (κ3) is 6.40. The molecule has 0 saturated heterocycles. The molecule has 4 aromatic rings. The van der Waals surface area contributed by atoms with Crippen molar-refractivity contribution in [3.8, 4) is 28.6 Å². The predicted molar refractivity (Wildman–Crippen MR) is 170 cm³/mol. The molecule has 11 nitrogen and oxygen atoms in total. The standard InChI is InChI=1S/C32H41N5O6S/c1-6-21(7-2)19-43-28-17-23(13-15-27(28)41-5)36-44(39,40)24-14-16-26(42-8-3)25(18-24)30-34-32(38)29-20(4)33-31(37(29)35-30)22-11-9-10-12-22/h13-18,21-22,36H,6-12,19H2,1-5H3,(H,34,35,38). The van der Waals surface area contributed by atoms with Crippen molar-refractivity contribution in [2.24, 2.45) is 5.92 Å². The quantitative estimate of drug-likeness (QED) is 0.183. The Morgan fingerprint density at radius 1 is 1.02 bits per heavy atom. The van der Waals surface area contributed by atoms with Crippen LogP contribution in [0.1, 0.15) is 76.7 Å². The average Bonchev–Trinajstić information content (AvgIpc) is 3.66. The maximum atomic E-state index is 13.7. The summed E-state index contributed by atoms with van der Waals surface area (Å²) in [6.07, 6.45) is 6.14. The first-order valence-corrected chi connectivity index (χ1v) is 16.8. The van der Waals surface area contributed by atoms with Gasteiger partial charge < -0.3 is 19.2 Å². The maximum Gasteiger partial charge on any atom is 0.277 e. The topological polar surface area (TPSA) is 137 Å². The molecule has 0 bridgehead atoms. The van der Waals surface area contributed by atoms with E-state index in [1.165, 1.54) is 12.1 Å². The van der Waals surface area contributed by atoms with Gasteiger partial charge in [0.15, 0.2) is 22.8 Å². The van der Waals surface area contributed by atoms with Gasteiger partial charge in [-0.15, -0.1) is 5.10 Å². The molecular weight excluding hydrogens is 582 g/mol. The van der Waals surface area contributed by atoms with Crippen molar-refractivity contribution in [1.29, 1.82) is 0 Å². The van der Waals surface area contributed by atoms with Crippen molar-refractivity contribution in [2.45, 2.75) is 77.0 Å². The van der Waals surface area contributed by atoms with Gasteiger partial charge in [0.05, 0.1) is 42.2 Å². The highest BCUT2D eigenvalue weighted by molar-refractivity contribution is 7.92. The zero-order valence-corrected chi connectivity index (χ0v) is 26.8. The van der Waals surface area contributed by atoms with Crippen molar-refractivity contribution in [1.82, 2.24) is 19.6 Å². The number of rotatable bonds is 13. The molecule has 1 aliphatic rings. The van der Waals surface area contributed by atoms with E-state index in [1.54, 1.807) is 42.8 Å². The van der Waals surface area contributed by atoms with Crippen molar-refractivity contribution < 1.29 is 22.6 Å². The molecule has 2 aromatic heterocycles. The number of ether oxygens (including phenoxy) is 3. The van der Waals surface area contributed by atoms with Crippen LogP contribution in [-0.4, -0.2) is 48.3 Å². The van der Waals surface area contributed by atoms with Gasteiger partial charge in [-0.3, -0.25) is 9.52 Å². The number of sulfonamides is 1. The number of nitrogens with zero attached hydrogens (tertiary/aromatic N) is 3. The summed E-state index contributed by atoms with van der Waals surface area (Å²) in [5.41, 5.74) is 1.32. The van der Waals surface area contributed by atoms with Gasteiger partial charge in [0.1, 0.15) is 11.6 Å². The minimum absolute atomic E-state index is 0.0214. The second-order valence-electron chi connectivity index (χ2n) is 11.2. The number of anilines is 1. The lowest BCUT2D eigenvalue weighted by Crippen LogP contribution is -2.17. The number of hydrogen-bond acceptors (Lipinski definition) is 8. The third-order valence-electron chi connectivity index (χ3n) is 8.28. The lowest BCUT2D eigenvalue weighted by Gasteiger charge is -2.17. The summed E-state index contributed by atoms with van der Waals surface area (Å²) < 4.78 is 48.9. The average molecular weight is 624 g/mol. The molecule has 1 aliphatic carbocycles. The van der Waals surface area contributed by atoms with Gasteiger partial charge in [0.2, 0.25) is 0 Å². The molecule has 2 N–H and O–H groups in total. The minimum Gasteiger partial charge on any atom is -0.493 e. The van der Waals surface area contributed by atoms with Crippen LogP contribution in [0, 0.1) is 12.8 Å². The van der Waals surface area contributed by atoms with Crippen LogP contribution in [0.15, 0.2) is 46.1 Å². The monoisotopic (exact) mass is 623 g/mol. The number of aromatic amines is 1. The molecule has 0 aliphatic heterocycles. The summed E-state index contributed by atoms with van der Waals surface area (Å²) >= 11 is 0. The van der Waals surface area contributed by atoms with E-state index in [1.807, 2.05) is 6.92 Å². The Morgan fingerprint density at radius 3 is 2.43 bits per heavy atom. The van der Waals surface area contributed by atoms with E-state index in [4.69, 9.17) is 24.3 Å². The number of aromatic nitrogens is 4. The Morgan fingerprint density at radius 2 is 1.75 bits per heavy atom. The summed E-state index contributed by atoms with van der Waals surface area (Å²) in [6.45, 7) is 8.69. The van der Waals surface area contributed by atoms with Crippen LogP contribution in [0.4, 0.5) is 5.69 Å². The molecule has 0 amide bonds. The zero-order valence-electron chi connectivity index (χ0n) is 26.0. The Balaban J connectivity index is 1.52. The number of benzene rings is 2. The van der Waals surface area contributed by atoms with Crippen LogP contribution in [0.5, 0.6) is 17.2 Å². The molecule has 1 saturated carbocycles. The first kappa shape index (κ1) is 31.4. The third-order valence-corrected chi connectivity index (χ3v) is 9.66. The van der Waals surface area contributed by atoms with Gasteiger partial charge in [-0.1, -0.05) is 39.5 Å². The molecule has 0 spiro atoms. The summed E-state index contributed by atoms with van der Waals surface area (Å²) in [7, 11) is -2.52. The van der Waals surface area contributed by atoms with Gasteiger partial charge in [-0.2, -0.15) is 0 Å². The Kier molecular flexibility index (Phi) is 9.48. The highest BCUT2D eigenvalue weighted by Crippen LogP contribution is 2.36. The fraction of sp³-hybridized carbons (Fsp3) is 0.469. The fourth-order valence-electron chi connectivity index (χ4n) is 5.70. The molecule has 0 unspecified atom stereocenters. The van der Waals surface area contributed by atoms with E-state index >= 15 is 0 Å². The summed E-state index contributed by atoms with van der Waals surface area (Å²) in [4.78, 5) is 20.8. The number of imidazole rings is 1. The van der Waals surface area contributed by atoms with Crippen LogP contribution in [0.25, 0.3) is 16.9 Å². The molecular formula is C32H41N5O6S. The number of H-pyrrole nitrogens is 1. The van der Waals surface area contributed by atoms with Crippen LogP contribution in [0.3, 0.4) is 0 Å². The van der Waals surface area contributed by atoms with Crippen LogP contribution in [-0.2, 0) is 10.0 Å². The van der Waals surface area contributed by atoms with Gasteiger partial charge in [-0.05, 0) is 62.9 Å². The number of hydrogen-bond donors (Lipinski definition) is 2. The van der Waals surface area contributed by atoms with Crippen molar-refractivity contribution >= 4 is 21.2 Å². The predicted octanol–water partition coefficient (Wildman–Crippen LogP) is 6.07. The zero-order chi connectivity index (χ0) is 31.4. The van der Waals surface area contributed by atoms with Crippen LogP contribution >= 0.6 is 0 Å². The molecule has 2 aromatic carbocycles. The number of methoxy groups -OCH3 is 1. The first-order valence-electron chi connectivity index (χ1n) is 15.3. The van der Waals surface area contributed by atoms with Crippen molar-refractivity contribution in [2.75, 3.05) is 25.0 Å². The SMILES string of the molecule is CCOc1ccc(S(=O)(=O)Nc2ccc(OC)c(OCC(CC)CC)c2)cc1-c1nn2c(C3CCCC3)nc(C)c2c(=O)[nH]1. The summed E-state index contributed by atoms with van der Waals surface area (Å²) in [5.74, 6) is 2.91. The molecule has 44 heavy (non-hydrogen) atoms. The van der Waals surface area contributed by atoms with E-state index < -0.39 is 10.0 Å². The lowest BCUT2D eigenvalue weighted by atomic mass is 10.1. The van der Waals surface area contributed by atoms with Gasteiger partial charge in [0, 0.05) is 12.0 Å². The molecule has 236 valence electrons. The molecule has 5 rings (SSSR count). The van der Waals surface area contributed by atoms with Crippen molar-refractivity contribution in [3.63, 3.8) is 0 Å². The highest BCUT2D eigenvalue weighted by Gasteiger charge is 2.26. The summed E-state index contributed by atoms with van der Waals surface area (Å²) in [5, 5.41) is 4.77. The number of nitrogens with one attached hydrogen (secondary N) is 2. The van der Waals surface area contributed by atoms with Crippen molar-refractivity contribution in [3.05, 3.63) is 58.3 Å². The van der Waals surface area contributed by atoms with Crippen LogP contribution < -0.4 is 24.5 Å². The van der Waals surface area contributed by atoms with E-state index in [9.17, 15) is 13.2 Å². The molecule has 2 heterocycles. The van der Waals surface area contributed by atoms with E-state index in [0.717, 1.165) is 44.3 Å². The highest BCUT2D eigenvalue weighted by atomic mass is 32.2. The Bertz CT molecular complexity index is 1790. The molecule has 0 radical (unpaired) electrons. The van der Waals surface area contributed by atoms with Gasteiger partial charge in [0.25, 0.3) is 15.6 Å². The lowest BCUT2D eigenvalue weighted by molar-refractivity contribution is 0.231. The molecule has 12 heteroatoms. The van der Waals surface area contributed by atoms with Crippen LogP contribution in [0.2, 0.25) is 0 Å². The number of fused-ring (bicyclic) bond motifs is 1. The smallest absolute Gasteiger partial charge is 0.277 e. The van der Waals surface area contributed by atoms with E-state index in [-0.39, 0.29) is 22.2 Å². The maximum absolute atomic E-state index is 13.7. The van der Waals surface area contributed by atoms with E-state index in [0.29, 0.717) is 58.8 Å². The fourth-order valence-corrected chi connectivity index (χ4v) is 6.78. The van der Waals surface area contributed by atoms with Gasteiger partial charge >= 0.3 is 0 Å². The summed E-state index contributed by atoms with van der Waals surface area (Å²) in [6, 6.07) is 9.41. The Hall–Kier alpha value is -4.06. The minimum atomic E-state index is -4.06. The Labute approximate surface area is 258 Å².